The van der Waals surface area contributed by atoms with E-state index in [4.69, 9.17) is 4.84 Å². The van der Waals surface area contributed by atoms with Crippen molar-refractivity contribution in [2.75, 3.05) is 0 Å². The molecular weight excluding hydrogens is 452 g/mol. The molecule has 2 unspecified atom stereocenters. The minimum absolute atomic E-state index is 0.217. The fourth-order valence-electron chi connectivity index (χ4n) is 4.08. The fourth-order valence-corrected chi connectivity index (χ4v) is 4.35. The second kappa shape index (κ2) is 8.03. The van der Waals surface area contributed by atoms with Crippen LogP contribution in [0.4, 0.5) is 4.79 Å². The quantitative estimate of drug-likeness (QED) is 0.597. The van der Waals surface area contributed by atoms with Gasteiger partial charge in [0, 0.05) is 10.9 Å². The molecular formula is C21H25BrN4O4. The van der Waals surface area contributed by atoms with Crippen LogP contribution in [-0.4, -0.2) is 43.8 Å². The Morgan fingerprint density at radius 2 is 2.03 bits per heavy atom. The molecule has 2 aromatic rings. The van der Waals surface area contributed by atoms with Crippen LogP contribution >= 0.6 is 15.9 Å². The van der Waals surface area contributed by atoms with Gasteiger partial charge < -0.3 is 15.4 Å². The Bertz CT molecular complexity index is 939. The van der Waals surface area contributed by atoms with Crippen LogP contribution in [0.3, 0.4) is 0 Å². The maximum Gasteiger partial charge on any atom is 0.405 e. The highest BCUT2D eigenvalue weighted by Crippen LogP contribution is 2.50. The summed E-state index contributed by atoms with van der Waals surface area (Å²) in [5.74, 6) is 0.0383. The molecule has 2 heterocycles. The lowest BCUT2D eigenvalue weighted by Gasteiger charge is -2.37. The summed E-state index contributed by atoms with van der Waals surface area (Å²) in [6.45, 7) is 3.61. The predicted molar refractivity (Wildman–Crippen MR) is 113 cm³/mol. The molecule has 0 bridgehead atoms. The lowest BCUT2D eigenvalue weighted by molar-refractivity contribution is -0.230. The van der Waals surface area contributed by atoms with E-state index in [1.54, 1.807) is 20.0 Å². The number of aromatic amines is 1. The number of H-pyrrole nitrogens is 1. The molecule has 1 aromatic carbocycles. The first-order chi connectivity index (χ1) is 14.3. The summed E-state index contributed by atoms with van der Waals surface area (Å²) in [6, 6.07) is 6.60. The zero-order chi connectivity index (χ0) is 21.5. The van der Waals surface area contributed by atoms with E-state index in [-0.39, 0.29) is 23.5 Å². The molecule has 30 heavy (non-hydrogen) atoms. The number of rotatable bonds is 5. The van der Waals surface area contributed by atoms with Gasteiger partial charge in [0.25, 0.3) is 5.91 Å². The number of carbonyl (C=O) groups is 2. The number of amides is 2. The highest BCUT2D eigenvalue weighted by molar-refractivity contribution is 9.10. The molecule has 1 spiro atoms. The molecule has 1 aliphatic carbocycles. The molecule has 1 aliphatic heterocycles. The van der Waals surface area contributed by atoms with Gasteiger partial charge in [0.05, 0.1) is 17.5 Å². The summed E-state index contributed by atoms with van der Waals surface area (Å²) in [5, 5.41) is 12.9. The number of imidazole rings is 1. The third kappa shape index (κ3) is 3.96. The molecule has 3 N–H and O–H groups in total. The van der Waals surface area contributed by atoms with Crippen molar-refractivity contribution in [1.82, 2.24) is 20.3 Å². The SMILES string of the molecule is CC(C)C(NC(=O)O)C(=O)N1OC2(CCC2)CC1c1ncc(-c2ccc(Br)cc2)[nH]1. The standard InChI is InChI=1S/C21H25BrN4O4/c1-12(2)17(25-20(28)29)19(27)26-16(10-21(30-26)8-3-9-21)18-23-11-15(24-18)13-4-6-14(22)7-5-13/h4-7,11-12,16-17,25H,3,8-10H2,1-2H3,(H,23,24)(H,28,29). The van der Waals surface area contributed by atoms with Crippen LogP contribution in [0.1, 0.15) is 51.4 Å². The van der Waals surface area contributed by atoms with Gasteiger partial charge in [-0.1, -0.05) is 41.9 Å². The molecule has 9 heteroatoms. The minimum atomic E-state index is -1.23. The Hall–Kier alpha value is -2.39. The Balaban J connectivity index is 1.62. The normalized spacial score (nSPS) is 20.9. The molecule has 2 fully saturated rings. The average Bonchev–Trinajstić information content (AvgIpc) is 3.30. The maximum absolute atomic E-state index is 13.3. The van der Waals surface area contributed by atoms with Crippen LogP contribution in [0.5, 0.6) is 0 Å². The van der Waals surface area contributed by atoms with E-state index in [1.807, 2.05) is 24.3 Å². The van der Waals surface area contributed by atoms with Gasteiger partial charge in [-0.3, -0.25) is 9.63 Å². The first-order valence-electron chi connectivity index (χ1n) is 10.1. The summed E-state index contributed by atoms with van der Waals surface area (Å²) < 4.78 is 0.990. The van der Waals surface area contributed by atoms with Crippen LogP contribution in [0.2, 0.25) is 0 Å². The second-order valence-electron chi connectivity index (χ2n) is 8.37. The zero-order valence-corrected chi connectivity index (χ0v) is 18.5. The highest BCUT2D eigenvalue weighted by atomic mass is 79.9. The molecule has 0 radical (unpaired) electrons. The van der Waals surface area contributed by atoms with Gasteiger partial charge in [-0.25, -0.2) is 14.8 Å². The predicted octanol–water partition coefficient (Wildman–Crippen LogP) is 4.26. The van der Waals surface area contributed by atoms with E-state index >= 15 is 0 Å². The van der Waals surface area contributed by atoms with Gasteiger partial charge in [-0.2, -0.15) is 0 Å². The average molecular weight is 477 g/mol. The lowest BCUT2D eigenvalue weighted by Crippen LogP contribution is -2.51. The molecule has 160 valence electrons. The maximum atomic E-state index is 13.3. The van der Waals surface area contributed by atoms with Crippen LogP contribution in [-0.2, 0) is 9.63 Å². The molecule has 1 saturated heterocycles. The Kier molecular flexibility index (Phi) is 5.59. The van der Waals surface area contributed by atoms with Gasteiger partial charge in [-0.05, 0) is 42.9 Å². The van der Waals surface area contributed by atoms with Gasteiger partial charge in [0.2, 0.25) is 0 Å². The number of nitrogens with one attached hydrogen (secondary N) is 2. The largest absolute Gasteiger partial charge is 0.465 e. The second-order valence-corrected chi connectivity index (χ2v) is 9.29. The van der Waals surface area contributed by atoms with Crippen LogP contribution < -0.4 is 5.32 Å². The molecule has 2 atom stereocenters. The molecule has 2 aliphatic rings. The van der Waals surface area contributed by atoms with Crippen molar-refractivity contribution in [1.29, 1.82) is 0 Å². The number of hydroxylamine groups is 2. The van der Waals surface area contributed by atoms with Gasteiger partial charge in [-0.15, -0.1) is 0 Å². The monoisotopic (exact) mass is 476 g/mol. The van der Waals surface area contributed by atoms with Crippen molar-refractivity contribution in [3.05, 3.63) is 40.8 Å². The summed E-state index contributed by atoms with van der Waals surface area (Å²) in [6.07, 6.45) is 3.98. The van der Waals surface area contributed by atoms with Gasteiger partial charge in [0.15, 0.2) is 0 Å². The summed E-state index contributed by atoms with van der Waals surface area (Å²) in [4.78, 5) is 38.5. The van der Waals surface area contributed by atoms with Crippen molar-refractivity contribution in [3.8, 4) is 11.3 Å². The topological polar surface area (TPSA) is 108 Å². The van der Waals surface area contributed by atoms with Crippen molar-refractivity contribution < 1.29 is 19.5 Å². The number of aromatic nitrogens is 2. The molecule has 1 saturated carbocycles. The number of nitrogens with zero attached hydrogens (tertiary/aromatic N) is 2. The smallest absolute Gasteiger partial charge is 0.405 e. The Labute approximate surface area is 183 Å². The third-order valence-corrected chi connectivity index (χ3v) is 6.43. The van der Waals surface area contributed by atoms with E-state index < -0.39 is 12.1 Å². The van der Waals surface area contributed by atoms with E-state index in [0.717, 1.165) is 35.0 Å². The number of benzene rings is 1. The van der Waals surface area contributed by atoms with Crippen molar-refractivity contribution in [3.63, 3.8) is 0 Å². The fraction of sp³-hybridized carbons (Fsp3) is 0.476. The first kappa shape index (κ1) is 20.9. The van der Waals surface area contributed by atoms with E-state index in [0.29, 0.717) is 12.2 Å². The van der Waals surface area contributed by atoms with E-state index in [2.05, 4.69) is 31.2 Å². The number of carboxylic acid groups (broad SMARTS) is 1. The summed E-state index contributed by atoms with van der Waals surface area (Å²) in [5.41, 5.74) is 1.47. The summed E-state index contributed by atoms with van der Waals surface area (Å²) in [7, 11) is 0. The third-order valence-electron chi connectivity index (χ3n) is 5.90. The summed E-state index contributed by atoms with van der Waals surface area (Å²) >= 11 is 3.44. The number of hydrogen-bond acceptors (Lipinski definition) is 4. The van der Waals surface area contributed by atoms with Crippen LogP contribution in [0.15, 0.2) is 34.9 Å². The molecule has 2 amide bonds. The Morgan fingerprint density at radius 3 is 2.60 bits per heavy atom. The van der Waals surface area contributed by atoms with E-state index in [9.17, 15) is 14.7 Å². The Morgan fingerprint density at radius 1 is 1.33 bits per heavy atom. The van der Waals surface area contributed by atoms with Crippen LogP contribution in [0.25, 0.3) is 11.3 Å². The molecule has 1 aromatic heterocycles. The van der Waals surface area contributed by atoms with Crippen molar-refractivity contribution in [2.45, 2.75) is 57.2 Å². The molecule has 4 rings (SSSR count). The van der Waals surface area contributed by atoms with Crippen molar-refractivity contribution in [2.24, 2.45) is 5.92 Å². The lowest BCUT2D eigenvalue weighted by atomic mass is 9.77. The van der Waals surface area contributed by atoms with E-state index in [1.165, 1.54) is 5.06 Å². The number of halogens is 1. The van der Waals surface area contributed by atoms with Crippen molar-refractivity contribution >= 4 is 27.9 Å². The zero-order valence-electron chi connectivity index (χ0n) is 16.9. The number of carbonyl (C=O) groups excluding carboxylic acids is 1. The first-order valence-corrected chi connectivity index (χ1v) is 10.9. The van der Waals surface area contributed by atoms with Crippen LogP contribution in [0, 0.1) is 5.92 Å². The minimum Gasteiger partial charge on any atom is -0.465 e. The van der Waals surface area contributed by atoms with Gasteiger partial charge in [0.1, 0.15) is 17.9 Å². The van der Waals surface area contributed by atoms with Gasteiger partial charge >= 0.3 is 6.09 Å². The highest BCUT2D eigenvalue weighted by Gasteiger charge is 2.53. The molecule has 8 nitrogen and oxygen atoms in total. The number of hydrogen-bond donors (Lipinski definition) is 3.